The van der Waals surface area contributed by atoms with Gasteiger partial charge >= 0.3 is 0 Å². The highest BCUT2D eigenvalue weighted by Crippen LogP contribution is 2.28. The molecule has 0 aromatic heterocycles. The summed E-state index contributed by atoms with van der Waals surface area (Å²) in [6, 6.07) is 1.37. The number of nitrogens with zero attached hydrogens (tertiary/aromatic N) is 2. The molecule has 0 bridgehead atoms. The smallest absolute Gasteiger partial charge is 0.223 e. The van der Waals surface area contributed by atoms with Gasteiger partial charge in [0.25, 0.3) is 0 Å². The molecule has 0 radical (unpaired) electrons. The highest BCUT2D eigenvalue weighted by Gasteiger charge is 2.30. The van der Waals surface area contributed by atoms with Gasteiger partial charge in [-0.05, 0) is 46.5 Å². The van der Waals surface area contributed by atoms with Crippen molar-refractivity contribution in [1.82, 2.24) is 20.9 Å². The summed E-state index contributed by atoms with van der Waals surface area (Å²) in [7, 11) is 0. The Morgan fingerprint density at radius 2 is 1.83 bits per heavy atom. The van der Waals surface area contributed by atoms with Gasteiger partial charge in [0.05, 0.1) is 6.54 Å². The standard InChI is InChI=1S/C17H33N5O/c1-4-18-17(20-10-9-19-16(23)14-5-6-14)21-11-12-22(13(2)3)15-7-8-15/h13-15H,4-12H2,1-3H3,(H,19,23)(H2,18,20,21). The van der Waals surface area contributed by atoms with E-state index in [2.05, 4.69) is 46.6 Å². The summed E-state index contributed by atoms with van der Waals surface area (Å²) >= 11 is 0. The van der Waals surface area contributed by atoms with Crippen LogP contribution in [0.5, 0.6) is 0 Å². The zero-order valence-corrected chi connectivity index (χ0v) is 14.9. The minimum Gasteiger partial charge on any atom is -0.357 e. The summed E-state index contributed by atoms with van der Waals surface area (Å²) in [5.74, 6) is 1.32. The quantitative estimate of drug-likeness (QED) is 0.318. The van der Waals surface area contributed by atoms with Crippen LogP contribution >= 0.6 is 0 Å². The third-order valence-electron chi connectivity index (χ3n) is 4.32. The SMILES string of the molecule is CCNC(=NCCN(C(C)C)C1CC1)NCCNC(=O)C1CC1. The Bertz CT molecular complexity index is 400. The zero-order valence-electron chi connectivity index (χ0n) is 14.9. The van der Waals surface area contributed by atoms with Crippen LogP contribution in [0.2, 0.25) is 0 Å². The summed E-state index contributed by atoms with van der Waals surface area (Å²) in [6.45, 7) is 10.6. The number of carbonyl (C=O) groups excluding carboxylic acids is 1. The van der Waals surface area contributed by atoms with Crippen LogP contribution in [0.25, 0.3) is 0 Å². The first kappa shape index (κ1) is 18.0. The van der Waals surface area contributed by atoms with Crippen LogP contribution in [0.4, 0.5) is 0 Å². The van der Waals surface area contributed by atoms with Crippen molar-refractivity contribution in [1.29, 1.82) is 0 Å². The molecule has 0 unspecified atom stereocenters. The molecule has 2 aliphatic carbocycles. The van der Waals surface area contributed by atoms with Crippen molar-refractivity contribution < 1.29 is 4.79 Å². The number of aliphatic imine (C=N–C) groups is 1. The lowest BCUT2D eigenvalue weighted by molar-refractivity contribution is -0.122. The molecular formula is C17H33N5O. The van der Waals surface area contributed by atoms with Gasteiger partial charge in [0.2, 0.25) is 5.91 Å². The molecule has 0 atom stereocenters. The van der Waals surface area contributed by atoms with Crippen molar-refractivity contribution in [2.45, 2.75) is 58.5 Å². The summed E-state index contributed by atoms with van der Waals surface area (Å²) in [4.78, 5) is 18.8. The normalized spacial score (nSPS) is 18.4. The maximum absolute atomic E-state index is 11.6. The van der Waals surface area contributed by atoms with E-state index in [9.17, 15) is 4.79 Å². The molecule has 132 valence electrons. The Morgan fingerprint density at radius 1 is 1.13 bits per heavy atom. The number of hydrogen-bond acceptors (Lipinski definition) is 3. The van der Waals surface area contributed by atoms with Gasteiger partial charge < -0.3 is 16.0 Å². The van der Waals surface area contributed by atoms with Crippen LogP contribution in [0.3, 0.4) is 0 Å². The molecule has 0 spiro atoms. The predicted molar refractivity (Wildman–Crippen MR) is 94.6 cm³/mol. The Hall–Kier alpha value is -1.30. The van der Waals surface area contributed by atoms with Crippen molar-refractivity contribution in [3.05, 3.63) is 0 Å². The monoisotopic (exact) mass is 323 g/mol. The van der Waals surface area contributed by atoms with Gasteiger partial charge in [0.1, 0.15) is 0 Å². The summed E-state index contributed by atoms with van der Waals surface area (Å²) in [5.41, 5.74) is 0. The van der Waals surface area contributed by atoms with Crippen LogP contribution in [0.1, 0.15) is 46.5 Å². The Labute approximate surface area is 140 Å². The highest BCUT2D eigenvalue weighted by atomic mass is 16.2. The Balaban J connectivity index is 1.65. The number of amides is 1. The first-order valence-corrected chi connectivity index (χ1v) is 9.17. The average Bonchev–Trinajstić information content (AvgIpc) is 3.39. The zero-order chi connectivity index (χ0) is 16.7. The third kappa shape index (κ3) is 6.77. The fraction of sp³-hybridized carbons (Fsp3) is 0.882. The van der Waals surface area contributed by atoms with E-state index in [1.165, 1.54) is 12.8 Å². The van der Waals surface area contributed by atoms with Crippen molar-refractivity contribution in [3.63, 3.8) is 0 Å². The second-order valence-corrected chi connectivity index (χ2v) is 6.82. The van der Waals surface area contributed by atoms with E-state index in [1.54, 1.807) is 0 Å². The lowest BCUT2D eigenvalue weighted by atomic mass is 10.3. The van der Waals surface area contributed by atoms with Crippen LogP contribution in [-0.4, -0.2) is 61.6 Å². The van der Waals surface area contributed by atoms with E-state index in [4.69, 9.17) is 0 Å². The number of hydrogen-bond donors (Lipinski definition) is 3. The van der Waals surface area contributed by atoms with Gasteiger partial charge in [-0.15, -0.1) is 0 Å². The predicted octanol–water partition coefficient (Wildman–Crippen LogP) is 0.941. The van der Waals surface area contributed by atoms with Gasteiger partial charge in [0.15, 0.2) is 5.96 Å². The largest absolute Gasteiger partial charge is 0.357 e. The number of rotatable bonds is 10. The fourth-order valence-electron chi connectivity index (χ4n) is 2.74. The first-order chi connectivity index (χ1) is 11.1. The topological polar surface area (TPSA) is 68.8 Å². The van der Waals surface area contributed by atoms with E-state index in [0.717, 1.165) is 44.5 Å². The summed E-state index contributed by atoms with van der Waals surface area (Å²) in [5, 5.41) is 9.51. The van der Waals surface area contributed by atoms with Crippen LogP contribution in [0, 0.1) is 5.92 Å². The molecule has 23 heavy (non-hydrogen) atoms. The van der Waals surface area contributed by atoms with E-state index in [-0.39, 0.29) is 11.8 Å². The lowest BCUT2D eigenvalue weighted by Crippen LogP contribution is -2.42. The molecule has 2 rings (SSSR count). The van der Waals surface area contributed by atoms with E-state index >= 15 is 0 Å². The minimum atomic E-state index is 0.200. The maximum atomic E-state index is 11.6. The van der Waals surface area contributed by atoms with Gasteiger partial charge in [-0.3, -0.25) is 14.7 Å². The second kappa shape index (κ2) is 9.11. The minimum absolute atomic E-state index is 0.200. The lowest BCUT2D eigenvalue weighted by Gasteiger charge is -2.25. The molecule has 6 nitrogen and oxygen atoms in total. The fourth-order valence-corrected chi connectivity index (χ4v) is 2.74. The van der Waals surface area contributed by atoms with Gasteiger partial charge in [-0.25, -0.2) is 0 Å². The molecule has 1 amide bonds. The maximum Gasteiger partial charge on any atom is 0.223 e. The van der Waals surface area contributed by atoms with Crippen molar-refractivity contribution in [2.24, 2.45) is 10.9 Å². The van der Waals surface area contributed by atoms with Gasteiger partial charge in [-0.1, -0.05) is 0 Å². The summed E-state index contributed by atoms with van der Waals surface area (Å²) < 4.78 is 0. The molecule has 2 fully saturated rings. The van der Waals surface area contributed by atoms with Crippen LogP contribution in [0.15, 0.2) is 4.99 Å². The number of nitrogens with one attached hydrogen (secondary N) is 3. The molecule has 2 aliphatic rings. The molecular weight excluding hydrogens is 290 g/mol. The molecule has 3 N–H and O–H groups in total. The third-order valence-corrected chi connectivity index (χ3v) is 4.32. The van der Waals surface area contributed by atoms with E-state index < -0.39 is 0 Å². The van der Waals surface area contributed by atoms with E-state index in [0.29, 0.717) is 19.1 Å². The molecule has 0 aromatic carbocycles. The first-order valence-electron chi connectivity index (χ1n) is 9.17. The van der Waals surface area contributed by atoms with Crippen molar-refractivity contribution in [2.75, 3.05) is 32.7 Å². The van der Waals surface area contributed by atoms with Crippen molar-refractivity contribution in [3.8, 4) is 0 Å². The Morgan fingerprint density at radius 3 is 2.39 bits per heavy atom. The van der Waals surface area contributed by atoms with Crippen LogP contribution < -0.4 is 16.0 Å². The second-order valence-electron chi connectivity index (χ2n) is 6.82. The highest BCUT2D eigenvalue weighted by molar-refractivity contribution is 5.81. The molecule has 2 saturated carbocycles. The number of guanidine groups is 1. The molecule has 0 aliphatic heterocycles. The molecule has 6 heteroatoms. The average molecular weight is 323 g/mol. The van der Waals surface area contributed by atoms with Gasteiger partial charge in [-0.2, -0.15) is 0 Å². The molecule has 0 heterocycles. The van der Waals surface area contributed by atoms with Crippen molar-refractivity contribution >= 4 is 11.9 Å². The van der Waals surface area contributed by atoms with E-state index in [1.807, 2.05) is 0 Å². The number of carbonyl (C=O) groups is 1. The summed E-state index contributed by atoms with van der Waals surface area (Å²) in [6.07, 6.45) is 4.77. The van der Waals surface area contributed by atoms with Gasteiger partial charge in [0, 0.05) is 44.2 Å². The molecule has 0 saturated heterocycles. The van der Waals surface area contributed by atoms with Crippen LogP contribution in [-0.2, 0) is 4.79 Å². The molecule has 0 aromatic rings. The Kier molecular flexibility index (Phi) is 7.15.